The quantitative estimate of drug-likeness (QED) is 0.607. The summed E-state index contributed by atoms with van der Waals surface area (Å²) in [4.78, 5) is 15.7. The van der Waals surface area contributed by atoms with Gasteiger partial charge in [0, 0.05) is 19.4 Å². The van der Waals surface area contributed by atoms with E-state index in [1.165, 1.54) is 0 Å². The summed E-state index contributed by atoms with van der Waals surface area (Å²) in [5, 5.41) is 3.82. The first-order valence-corrected chi connectivity index (χ1v) is 6.20. The van der Waals surface area contributed by atoms with Crippen LogP contribution in [0.15, 0.2) is 4.52 Å². The largest absolute Gasteiger partial charge is 0.382 e. The first-order valence-electron chi connectivity index (χ1n) is 6.20. The third kappa shape index (κ3) is 4.19. The highest BCUT2D eigenvalue weighted by Crippen LogP contribution is 2.30. The summed E-state index contributed by atoms with van der Waals surface area (Å²) in [6.07, 6.45) is 2.87. The zero-order chi connectivity index (χ0) is 12.8. The van der Waals surface area contributed by atoms with Gasteiger partial charge in [0.25, 0.3) is 0 Å². The average Bonchev–Trinajstić information content (AvgIpc) is 3.12. The zero-order valence-corrected chi connectivity index (χ0v) is 10.6. The Morgan fingerprint density at radius 1 is 1.39 bits per heavy atom. The number of rotatable bonds is 9. The van der Waals surface area contributed by atoms with Gasteiger partial charge in [-0.1, -0.05) is 5.16 Å². The molecule has 0 aliphatic heterocycles. The number of carbonyl (C=O) groups excluding carboxylic acids is 1. The minimum absolute atomic E-state index is 0.210. The zero-order valence-electron chi connectivity index (χ0n) is 10.6. The number of Topliss-reactive ketones (excluding diaryl/α,β-unsaturated/α-hetero) is 1. The van der Waals surface area contributed by atoms with Gasteiger partial charge in [0.05, 0.1) is 26.2 Å². The second kappa shape index (κ2) is 6.61. The lowest BCUT2D eigenvalue weighted by molar-refractivity contribution is -0.119. The molecule has 1 aromatic heterocycles. The smallest absolute Gasteiger partial charge is 0.234 e. The molecular formula is C12H18N2O4. The SMILES string of the molecule is COCCOCCc1noc(CC(=O)C2CC2)n1. The molecule has 1 heterocycles. The fraction of sp³-hybridized carbons (Fsp3) is 0.750. The van der Waals surface area contributed by atoms with Gasteiger partial charge >= 0.3 is 0 Å². The van der Waals surface area contributed by atoms with Crippen LogP contribution in [0.4, 0.5) is 0 Å². The molecule has 1 aliphatic carbocycles. The van der Waals surface area contributed by atoms with E-state index in [4.69, 9.17) is 14.0 Å². The topological polar surface area (TPSA) is 74.5 Å². The summed E-state index contributed by atoms with van der Waals surface area (Å²) in [7, 11) is 1.63. The number of aromatic nitrogens is 2. The van der Waals surface area contributed by atoms with E-state index < -0.39 is 0 Å². The number of hydrogen-bond donors (Lipinski definition) is 0. The van der Waals surface area contributed by atoms with Gasteiger partial charge in [-0.15, -0.1) is 0 Å². The van der Waals surface area contributed by atoms with Crippen LogP contribution in [-0.2, 0) is 27.1 Å². The molecule has 0 aromatic carbocycles. The predicted octanol–water partition coefficient (Wildman–Crippen LogP) is 0.797. The van der Waals surface area contributed by atoms with Crippen molar-refractivity contribution in [2.45, 2.75) is 25.7 Å². The van der Waals surface area contributed by atoms with E-state index in [0.717, 1.165) is 12.8 Å². The molecule has 6 heteroatoms. The van der Waals surface area contributed by atoms with E-state index >= 15 is 0 Å². The average molecular weight is 254 g/mol. The van der Waals surface area contributed by atoms with E-state index in [1.807, 2.05) is 0 Å². The van der Waals surface area contributed by atoms with E-state index in [0.29, 0.717) is 38.0 Å². The highest BCUT2D eigenvalue weighted by atomic mass is 16.5. The van der Waals surface area contributed by atoms with Gasteiger partial charge in [-0.2, -0.15) is 4.98 Å². The second-order valence-corrected chi connectivity index (χ2v) is 4.38. The Balaban J connectivity index is 1.67. The van der Waals surface area contributed by atoms with Gasteiger partial charge in [-0.25, -0.2) is 0 Å². The minimum atomic E-state index is 0.210. The van der Waals surface area contributed by atoms with Crippen LogP contribution in [-0.4, -0.2) is 42.9 Å². The summed E-state index contributed by atoms with van der Waals surface area (Å²) in [6.45, 7) is 1.66. The van der Waals surface area contributed by atoms with Crippen LogP contribution in [0.5, 0.6) is 0 Å². The van der Waals surface area contributed by atoms with Gasteiger partial charge in [0.2, 0.25) is 5.89 Å². The molecule has 0 bridgehead atoms. The van der Waals surface area contributed by atoms with Gasteiger partial charge in [-0.3, -0.25) is 4.79 Å². The summed E-state index contributed by atoms with van der Waals surface area (Å²) in [5.41, 5.74) is 0. The molecule has 1 saturated carbocycles. The Hall–Kier alpha value is -1.27. The molecule has 0 radical (unpaired) electrons. The van der Waals surface area contributed by atoms with Crippen molar-refractivity contribution < 1.29 is 18.8 Å². The number of nitrogens with zero attached hydrogens (tertiary/aromatic N) is 2. The molecular weight excluding hydrogens is 236 g/mol. The number of hydrogen-bond acceptors (Lipinski definition) is 6. The van der Waals surface area contributed by atoms with Crippen molar-refractivity contribution in [2.24, 2.45) is 5.92 Å². The van der Waals surface area contributed by atoms with Crippen LogP contribution >= 0.6 is 0 Å². The Kier molecular flexibility index (Phi) is 4.83. The molecule has 1 fully saturated rings. The lowest BCUT2D eigenvalue weighted by Gasteiger charge is -1.99. The fourth-order valence-corrected chi connectivity index (χ4v) is 1.57. The molecule has 100 valence electrons. The molecule has 1 aliphatic rings. The van der Waals surface area contributed by atoms with E-state index in [2.05, 4.69) is 10.1 Å². The van der Waals surface area contributed by atoms with Crippen molar-refractivity contribution in [3.05, 3.63) is 11.7 Å². The lowest BCUT2D eigenvalue weighted by atomic mass is 10.2. The fourth-order valence-electron chi connectivity index (χ4n) is 1.57. The highest BCUT2D eigenvalue weighted by Gasteiger charge is 2.30. The highest BCUT2D eigenvalue weighted by molar-refractivity contribution is 5.84. The first kappa shape index (κ1) is 13.2. The van der Waals surface area contributed by atoms with E-state index in [1.54, 1.807) is 7.11 Å². The Labute approximate surface area is 106 Å². The Bertz CT molecular complexity index is 387. The second-order valence-electron chi connectivity index (χ2n) is 4.38. The molecule has 0 atom stereocenters. The number of ether oxygens (including phenoxy) is 2. The third-order valence-corrected chi connectivity index (χ3v) is 2.77. The van der Waals surface area contributed by atoms with Crippen LogP contribution in [0.2, 0.25) is 0 Å². The number of methoxy groups -OCH3 is 1. The number of carbonyl (C=O) groups is 1. The monoisotopic (exact) mass is 254 g/mol. The maximum atomic E-state index is 11.5. The number of ketones is 1. The minimum Gasteiger partial charge on any atom is -0.382 e. The Morgan fingerprint density at radius 2 is 2.22 bits per heavy atom. The molecule has 0 N–H and O–H groups in total. The molecule has 2 rings (SSSR count). The van der Waals surface area contributed by atoms with E-state index in [9.17, 15) is 4.79 Å². The maximum absolute atomic E-state index is 11.5. The van der Waals surface area contributed by atoms with Crippen molar-refractivity contribution in [1.82, 2.24) is 10.1 Å². The van der Waals surface area contributed by atoms with E-state index in [-0.39, 0.29) is 18.1 Å². The van der Waals surface area contributed by atoms with Crippen molar-refractivity contribution in [2.75, 3.05) is 26.9 Å². The standard InChI is InChI=1S/C12H18N2O4/c1-16-6-7-17-5-4-11-13-12(18-14-11)8-10(15)9-2-3-9/h9H,2-8H2,1H3. The van der Waals surface area contributed by atoms with Gasteiger partial charge in [0.15, 0.2) is 5.82 Å². The molecule has 0 unspecified atom stereocenters. The predicted molar refractivity (Wildman–Crippen MR) is 62.1 cm³/mol. The molecule has 6 nitrogen and oxygen atoms in total. The summed E-state index contributed by atoms with van der Waals surface area (Å²) < 4.78 is 15.2. The molecule has 0 amide bonds. The van der Waals surface area contributed by atoms with Crippen LogP contribution in [0.1, 0.15) is 24.6 Å². The lowest BCUT2D eigenvalue weighted by Crippen LogP contribution is -2.06. The first-order chi connectivity index (χ1) is 8.79. The molecule has 18 heavy (non-hydrogen) atoms. The normalized spacial score (nSPS) is 14.9. The molecule has 0 spiro atoms. The third-order valence-electron chi connectivity index (χ3n) is 2.77. The van der Waals surface area contributed by atoms with Gasteiger partial charge in [-0.05, 0) is 12.8 Å². The van der Waals surface area contributed by atoms with Crippen molar-refractivity contribution in [3.8, 4) is 0 Å². The van der Waals surface area contributed by atoms with Crippen LogP contribution < -0.4 is 0 Å². The maximum Gasteiger partial charge on any atom is 0.234 e. The summed E-state index contributed by atoms with van der Waals surface area (Å²) in [6, 6.07) is 0. The van der Waals surface area contributed by atoms with Crippen LogP contribution in [0.3, 0.4) is 0 Å². The summed E-state index contributed by atoms with van der Waals surface area (Å²) >= 11 is 0. The van der Waals surface area contributed by atoms with Crippen molar-refractivity contribution in [3.63, 3.8) is 0 Å². The van der Waals surface area contributed by atoms with Gasteiger partial charge < -0.3 is 14.0 Å². The van der Waals surface area contributed by atoms with Crippen molar-refractivity contribution >= 4 is 5.78 Å². The van der Waals surface area contributed by atoms with Crippen LogP contribution in [0, 0.1) is 5.92 Å². The van der Waals surface area contributed by atoms with Crippen LogP contribution in [0.25, 0.3) is 0 Å². The van der Waals surface area contributed by atoms with Gasteiger partial charge in [0.1, 0.15) is 5.78 Å². The molecule has 0 saturated heterocycles. The summed E-state index contributed by atoms with van der Waals surface area (Å²) in [5.74, 6) is 1.45. The molecule has 1 aromatic rings. The van der Waals surface area contributed by atoms with Crippen molar-refractivity contribution in [1.29, 1.82) is 0 Å². The Morgan fingerprint density at radius 3 is 2.94 bits per heavy atom.